The molecule has 3 heteroatoms. The lowest BCUT2D eigenvalue weighted by atomic mass is 9.91. The summed E-state index contributed by atoms with van der Waals surface area (Å²) in [7, 11) is 0. The summed E-state index contributed by atoms with van der Waals surface area (Å²) in [6.45, 7) is 8.27. The Morgan fingerprint density at radius 1 is 1.50 bits per heavy atom. The largest absolute Gasteiger partial charge is 0.381 e. The van der Waals surface area contributed by atoms with Crippen LogP contribution < -0.4 is 0 Å². The zero-order valence-corrected chi connectivity index (χ0v) is 9.13. The van der Waals surface area contributed by atoms with E-state index in [0.717, 1.165) is 25.3 Å². The van der Waals surface area contributed by atoms with Crippen molar-refractivity contribution < 1.29 is 4.74 Å². The van der Waals surface area contributed by atoms with E-state index in [9.17, 15) is 0 Å². The molecule has 2 heterocycles. The molecule has 0 spiro atoms. The Morgan fingerprint density at radius 2 is 2.29 bits per heavy atom. The highest BCUT2D eigenvalue weighted by Gasteiger charge is 2.23. The fourth-order valence-electron chi connectivity index (χ4n) is 1.70. The first kappa shape index (κ1) is 9.71. The van der Waals surface area contributed by atoms with E-state index in [4.69, 9.17) is 4.74 Å². The highest BCUT2D eigenvalue weighted by Crippen LogP contribution is 2.27. The molecule has 2 rings (SSSR count). The molecule has 1 N–H and O–H groups in total. The summed E-state index contributed by atoms with van der Waals surface area (Å²) in [4.78, 5) is 0. The third kappa shape index (κ3) is 1.82. The summed E-state index contributed by atoms with van der Waals surface area (Å²) >= 11 is 0. The summed E-state index contributed by atoms with van der Waals surface area (Å²) in [6, 6.07) is 2.18. The van der Waals surface area contributed by atoms with Crippen molar-refractivity contribution in [1.29, 1.82) is 0 Å². The second kappa shape index (κ2) is 3.39. The van der Waals surface area contributed by atoms with Gasteiger partial charge in [0.25, 0.3) is 0 Å². The van der Waals surface area contributed by atoms with Gasteiger partial charge in [0.15, 0.2) is 0 Å². The van der Waals surface area contributed by atoms with Crippen molar-refractivity contribution in [2.45, 2.75) is 38.5 Å². The normalized spacial score (nSPS) is 22.9. The molecule has 1 atom stereocenters. The zero-order valence-electron chi connectivity index (χ0n) is 9.13. The standard InChI is InChI=1S/C11H18N2O/c1-11(2,3)10-6-9(12-13-10)8-4-5-14-7-8/h6,8H,4-5,7H2,1-3H3,(H,12,13). The smallest absolute Gasteiger partial charge is 0.0679 e. The number of nitrogens with zero attached hydrogens (tertiary/aromatic N) is 1. The Hall–Kier alpha value is -0.830. The van der Waals surface area contributed by atoms with Crippen LogP contribution in [-0.4, -0.2) is 23.4 Å². The Labute approximate surface area is 84.9 Å². The first-order valence-corrected chi connectivity index (χ1v) is 5.21. The molecule has 1 aliphatic heterocycles. The number of ether oxygens (including phenoxy) is 1. The van der Waals surface area contributed by atoms with Gasteiger partial charge in [-0.3, -0.25) is 5.10 Å². The van der Waals surface area contributed by atoms with E-state index >= 15 is 0 Å². The fraction of sp³-hybridized carbons (Fsp3) is 0.727. The molecule has 0 saturated carbocycles. The molecule has 0 radical (unpaired) electrons. The lowest BCUT2D eigenvalue weighted by molar-refractivity contribution is 0.193. The van der Waals surface area contributed by atoms with Crippen molar-refractivity contribution in [3.05, 3.63) is 17.5 Å². The van der Waals surface area contributed by atoms with Gasteiger partial charge in [-0.15, -0.1) is 0 Å². The molecule has 1 aromatic heterocycles. The quantitative estimate of drug-likeness (QED) is 0.744. The summed E-state index contributed by atoms with van der Waals surface area (Å²) in [6.07, 6.45) is 1.11. The minimum atomic E-state index is 0.157. The van der Waals surface area contributed by atoms with Crippen LogP contribution in [0.2, 0.25) is 0 Å². The number of hydrogen-bond acceptors (Lipinski definition) is 2. The van der Waals surface area contributed by atoms with Gasteiger partial charge in [-0.05, 0) is 12.5 Å². The topological polar surface area (TPSA) is 37.9 Å². The third-order valence-corrected chi connectivity index (χ3v) is 2.75. The maximum Gasteiger partial charge on any atom is 0.0679 e. The van der Waals surface area contributed by atoms with Crippen molar-refractivity contribution in [2.75, 3.05) is 13.2 Å². The van der Waals surface area contributed by atoms with Crippen LogP contribution in [0.3, 0.4) is 0 Å². The van der Waals surface area contributed by atoms with Crippen LogP contribution in [0.15, 0.2) is 6.07 Å². The maximum atomic E-state index is 5.35. The summed E-state index contributed by atoms with van der Waals surface area (Å²) in [5.74, 6) is 0.502. The number of aromatic amines is 1. The van der Waals surface area contributed by atoms with Crippen LogP contribution in [0.5, 0.6) is 0 Å². The summed E-state index contributed by atoms with van der Waals surface area (Å²) in [5.41, 5.74) is 2.52. The van der Waals surface area contributed by atoms with Crippen molar-refractivity contribution in [3.63, 3.8) is 0 Å². The predicted molar refractivity (Wildman–Crippen MR) is 55.5 cm³/mol. The van der Waals surface area contributed by atoms with E-state index < -0.39 is 0 Å². The van der Waals surface area contributed by atoms with Gasteiger partial charge >= 0.3 is 0 Å². The van der Waals surface area contributed by atoms with E-state index in [1.54, 1.807) is 0 Å². The first-order valence-electron chi connectivity index (χ1n) is 5.21. The van der Waals surface area contributed by atoms with Gasteiger partial charge in [-0.2, -0.15) is 5.10 Å². The Bertz CT molecular complexity index is 305. The van der Waals surface area contributed by atoms with E-state index in [1.807, 2.05) is 0 Å². The Balaban J connectivity index is 2.17. The highest BCUT2D eigenvalue weighted by atomic mass is 16.5. The zero-order chi connectivity index (χ0) is 10.2. The molecule has 1 aliphatic rings. The van der Waals surface area contributed by atoms with E-state index in [-0.39, 0.29) is 5.41 Å². The number of rotatable bonds is 1. The van der Waals surface area contributed by atoms with Gasteiger partial charge in [-0.25, -0.2) is 0 Å². The second-order valence-corrected chi connectivity index (χ2v) is 5.02. The molecule has 1 aromatic rings. The fourth-order valence-corrected chi connectivity index (χ4v) is 1.70. The number of H-pyrrole nitrogens is 1. The molecule has 14 heavy (non-hydrogen) atoms. The molecule has 1 unspecified atom stereocenters. The number of aromatic nitrogens is 2. The predicted octanol–water partition coefficient (Wildman–Crippen LogP) is 2.21. The molecule has 0 bridgehead atoms. The molecular weight excluding hydrogens is 176 g/mol. The molecule has 3 nitrogen and oxygen atoms in total. The van der Waals surface area contributed by atoms with Crippen LogP contribution in [0.1, 0.15) is 44.5 Å². The van der Waals surface area contributed by atoms with Crippen molar-refractivity contribution >= 4 is 0 Å². The lowest BCUT2D eigenvalue weighted by Crippen LogP contribution is -2.11. The average Bonchev–Trinajstić information content (AvgIpc) is 2.73. The molecule has 0 aromatic carbocycles. The lowest BCUT2D eigenvalue weighted by Gasteiger charge is -2.14. The molecule has 78 valence electrons. The third-order valence-electron chi connectivity index (χ3n) is 2.75. The van der Waals surface area contributed by atoms with E-state index in [0.29, 0.717) is 5.92 Å². The molecule has 1 saturated heterocycles. The van der Waals surface area contributed by atoms with Gasteiger partial charge in [0.2, 0.25) is 0 Å². The molecule has 0 amide bonds. The Kier molecular flexibility index (Phi) is 2.35. The van der Waals surface area contributed by atoms with Crippen molar-refractivity contribution in [2.24, 2.45) is 0 Å². The van der Waals surface area contributed by atoms with Crippen molar-refractivity contribution in [3.8, 4) is 0 Å². The second-order valence-electron chi connectivity index (χ2n) is 5.02. The minimum absolute atomic E-state index is 0.157. The van der Waals surface area contributed by atoms with Crippen molar-refractivity contribution in [1.82, 2.24) is 10.2 Å². The molecular formula is C11H18N2O. The van der Waals surface area contributed by atoms with Gasteiger partial charge < -0.3 is 4.74 Å². The van der Waals surface area contributed by atoms with Gasteiger partial charge in [0, 0.05) is 23.6 Å². The van der Waals surface area contributed by atoms with E-state index in [2.05, 4.69) is 37.0 Å². The van der Waals surface area contributed by atoms with E-state index in [1.165, 1.54) is 5.69 Å². The number of nitrogens with one attached hydrogen (secondary N) is 1. The Morgan fingerprint density at radius 3 is 2.79 bits per heavy atom. The van der Waals surface area contributed by atoms with Gasteiger partial charge in [-0.1, -0.05) is 20.8 Å². The van der Waals surface area contributed by atoms with Gasteiger partial charge in [0.1, 0.15) is 0 Å². The first-order chi connectivity index (χ1) is 6.57. The maximum absolute atomic E-state index is 5.35. The van der Waals surface area contributed by atoms with Crippen LogP contribution >= 0.6 is 0 Å². The van der Waals surface area contributed by atoms with Crippen LogP contribution in [-0.2, 0) is 10.2 Å². The number of hydrogen-bond donors (Lipinski definition) is 1. The minimum Gasteiger partial charge on any atom is -0.381 e. The SMILES string of the molecule is CC(C)(C)c1cc(C2CCOC2)n[nH]1. The highest BCUT2D eigenvalue weighted by molar-refractivity contribution is 5.19. The average molecular weight is 194 g/mol. The van der Waals surface area contributed by atoms with Crippen LogP contribution in [0.4, 0.5) is 0 Å². The summed E-state index contributed by atoms with van der Waals surface area (Å²) in [5, 5.41) is 7.48. The van der Waals surface area contributed by atoms with Gasteiger partial charge in [0.05, 0.1) is 12.3 Å². The summed E-state index contributed by atoms with van der Waals surface area (Å²) < 4.78 is 5.35. The molecule has 0 aliphatic carbocycles. The monoisotopic (exact) mass is 194 g/mol. The van der Waals surface area contributed by atoms with Crippen LogP contribution in [0.25, 0.3) is 0 Å². The van der Waals surface area contributed by atoms with Crippen LogP contribution in [0, 0.1) is 0 Å². The molecule has 1 fully saturated rings.